The maximum absolute atomic E-state index is 8.60. The molecule has 1 aromatic rings. The second kappa shape index (κ2) is 3.22. The van der Waals surface area contributed by atoms with Crippen LogP contribution < -0.4 is 10.2 Å². The van der Waals surface area contributed by atoms with E-state index in [1.807, 2.05) is 0 Å². The van der Waals surface area contributed by atoms with Crippen molar-refractivity contribution in [3.63, 3.8) is 0 Å². The van der Waals surface area contributed by atoms with E-state index in [9.17, 15) is 0 Å². The Balaban J connectivity index is 2.96. The zero-order valence-electron chi connectivity index (χ0n) is 5.61. The van der Waals surface area contributed by atoms with Crippen LogP contribution in [0.3, 0.4) is 0 Å². The number of ether oxygens (including phenoxy) is 1. The van der Waals surface area contributed by atoms with Gasteiger partial charge in [0.2, 0.25) is 5.88 Å². The number of pyridine rings is 1. The fourth-order valence-electron chi connectivity index (χ4n) is 0.672. The van der Waals surface area contributed by atoms with Gasteiger partial charge < -0.3 is 9.76 Å². The molecule has 4 heteroatoms. The molecule has 0 amide bonds. The molecule has 0 saturated carbocycles. The van der Waals surface area contributed by atoms with Gasteiger partial charge in [-0.2, -0.15) is 0 Å². The standard InChI is InChI=1S/C6H7BNO2/c1-10-6-5(7-9)3-2-4-8-6/h2-4,9H,1H3. The van der Waals surface area contributed by atoms with Gasteiger partial charge in [0.25, 0.3) is 0 Å². The molecule has 1 N–H and O–H groups in total. The highest BCUT2D eigenvalue weighted by molar-refractivity contribution is 6.46. The van der Waals surface area contributed by atoms with Gasteiger partial charge >= 0.3 is 7.48 Å². The van der Waals surface area contributed by atoms with Crippen LogP contribution in [0.4, 0.5) is 0 Å². The van der Waals surface area contributed by atoms with Gasteiger partial charge in [-0.15, -0.1) is 0 Å². The van der Waals surface area contributed by atoms with Crippen LogP contribution in [0.5, 0.6) is 5.88 Å². The molecule has 0 unspecified atom stereocenters. The van der Waals surface area contributed by atoms with E-state index in [0.717, 1.165) is 7.48 Å². The fourth-order valence-corrected chi connectivity index (χ4v) is 0.672. The summed E-state index contributed by atoms with van der Waals surface area (Å²) in [6.07, 6.45) is 1.60. The molecule has 3 nitrogen and oxygen atoms in total. The molecule has 0 spiro atoms. The van der Waals surface area contributed by atoms with Crippen LogP contribution in [0, 0.1) is 0 Å². The van der Waals surface area contributed by atoms with E-state index < -0.39 is 0 Å². The third-order valence-corrected chi connectivity index (χ3v) is 1.13. The summed E-state index contributed by atoms with van der Waals surface area (Å²) >= 11 is 0. The van der Waals surface area contributed by atoms with Gasteiger partial charge in [0, 0.05) is 11.7 Å². The molecule has 0 bridgehead atoms. The summed E-state index contributed by atoms with van der Waals surface area (Å²) in [6, 6.07) is 3.44. The maximum atomic E-state index is 8.60. The maximum Gasteiger partial charge on any atom is 0.332 e. The molecule has 0 saturated heterocycles. The Kier molecular flexibility index (Phi) is 2.28. The molecule has 51 valence electrons. The normalized spacial score (nSPS) is 9.00. The van der Waals surface area contributed by atoms with Crippen LogP contribution in [0.15, 0.2) is 18.3 Å². The van der Waals surface area contributed by atoms with Crippen molar-refractivity contribution in [1.82, 2.24) is 4.98 Å². The third-order valence-electron chi connectivity index (χ3n) is 1.13. The Morgan fingerprint density at radius 3 is 3.00 bits per heavy atom. The van der Waals surface area contributed by atoms with Gasteiger partial charge in [-0.3, -0.25) is 0 Å². The lowest BCUT2D eigenvalue weighted by Crippen LogP contribution is -2.16. The monoisotopic (exact) mass is 136 g/mol. The minimum absolute atomic E-state index is 0.435. The fraction of sp³-hybridized carbons (Fsp3) is 0.167. The summed E-state index contributed by atoms with van der Waals surface area (Å²) < 4.78 is 4.83. The molecule has 1 rings (SSSR count). The van der Waals surface area contributed by atoms with Gasteiger partial charge in [-0.05, 0) is 6.07 Å². The van der Waals surface area contributed by atoms with Crippen molar-refractivity contribution in [1.29, 1.82) is 0 Å². The van der Waals surface area contributed by atoms with E-state index in [1.54, 1.807) is 18.3 Å². The van der Waals surface area contributed by atoms with E-state index in [0.29, 0.717) is 11.3 Å². The Hall–Kier alpha value is -1.03. The van der Waals surface area contributed by atoms with Crippen LogP contribution in [-0.2, 0) is 0 Å². The SMILES string of the molecule is COc1ncccc1[B]O. The smallest absolute Gasteiger partial charge is 0.332 e. The second-order valence-electron chi connectivity index (χ2n) is 1.73. The molecule has 0 fully saturated rings. The average Bonchev–Trinajstić information content (AvgIpc) is 2.04. The average molecular weight is 136 g/mol. The minimum atomic E-state index is 0.435. The number of nitrogens with zero attached hydrogens (tertiary/aromatic N) is 1. The number of methoxy groups -OCH3 is 1. The van der Waals surface area contributed by atoms with Crippen molar-refractivity contribution in [3.8, 4) is 5.88 Å². The summed E-state index contributed by atoms with van der Waals surface area (Å²) in [7, 11) is 2.47. The molecule has 0 aromatic carbocycles. The first-order chi connectivity index (χ1) is 4.88. The summed E-state index contributed by atoms with van der Waals surface area (Å²) in [6.45, 7) is 0. The van der Waals surface area contributed by atoms with Crippen molar-refractivity contribution < 1.29 is 9.76 Å². The lowest BCUT2D eigenvalue weighted by atomic mass is 9.90. The van der Waals surface area contributed by atoms with Crippen molar-refractivity contribution in [2.45, 2.75) is 0 Å². The second-order valence-corrected chi connectivity index (χ2v) is 1.73. The van der Waals surface area contributed by atoms with Gasteiger partial charge in [0.05, 0.1) is 7.11 Å². The van der Waals surface area contributed by atoms with E-state index in [2.05, 4.69) is 4.98 Å². The Labute approximate surface area is 59.9 Å². The van der Waals surface area contributed by atoms with Crippen LogP contribution in [0.25, 0.3) is 0 Å². The van der Waals surface area contributed by atoms with E-state index >= 15 is 0 Å². The number of hydrogen-bond acceptors (Lipinski definition) is 3. The number of rotatable bonds is 2. The molecular weight excluding hydrogens is 129 g/mol. The Morgan fingerprint density at radius 2 is 2.50 bits per heavy atom. The summed E-state index contributed by atoms with van der Waals surface area (Å²) in [5.41, 5.74) is 0.588. The first-order valence-corrected chi connectivity index (χ1v) is 2.85. The summed E-state index contributed by atoms with van der Waals surface area (Å²) in [5, 5.41) is 8.60. The summed E-state index contributed by atoms with van der Waals surface area (Å²) in [4.78, 5) is 3.85. The van der Waals surface area contributed by atoms with Gasteiger partial charge in [-0.25, -0.2) is 4.98 Å². The topological polar surface area (TPSA) is 42.4 Å². The first-order valence-electron chi connectivity index (χ1n) is 2.85. The van der Waals surface area contributed by atoms with Crippen LogP contribution in [0.2, 0.25) is 0 Å². The van der Waals surface area contributed by atoms with Gasteiger partial charge in [0.15, 0.2) is 0 Å². The summed E-state index contributed by atoms with van der Waals surface area (Å²) in [5.74, 6) is 0.435. The molecule has 10 heavy (non-hydrogen) atoms. The highest BCUT2D eigenvalue weighted by Crippen LogP contribution is 1.97. The van der Waals surface area contributed by atoms with Crippen molar-refractivity contribution in [2.75, 3.05) is 7.11 Å². The lowest BCUT2D eigenvalue weighted by Gasteiger charge is -2.00. The Morgan fingerprint density at radius 1 is 1.70 bits per heavy atom. The van der Waals surface area contributed by atoms with Crippen LogP contribution in [0.1, 0.15) is 0 Å². The lowest BCUT2D eigenvalue weighted by molar-refractivity contribution is 0.400. The minimum Gasteiger partial charge on any atom is -0.481 e. The van der Waals surface area contributed by atoms with Crippen molar-refractivity contribution in [2.24, 2.45) is 0 Å². The molecule has 1 aromatic heterocycles. The molecule has 1 radical (unpaired) electrons. The zero-order valence-corrected chi connectivity index (χ0v) is 5.61. The third kappa shape index (κ3) is 1.27. The molecular formula is C6H7BNO2. The predicted molar refractivity (Wildman–Crippen MR) is 38.4 cm³/mol. The first kappa shape index (κ1) is 7.09. The molecule has 0 aliphatic rings. The number of hydrogen-bond donors (Lipinski definition) is 1. The number of aromatic nitrogens is 1. The van der Waals surface area contributed by atoms with Crippen molar-refractivity contribution >= 4 is 12.9 Å². The highest BCUT2D eigenvalue weighted by Gasteiger charge is 2.01. The zero-order chi connectivity index (χ0) is 7.40. The van der Waals surface area contributed by atoms with E-state index in [-0.39, 0.29) is 0 Å². The van der Waals surface area contributed by atoms with E-state index in [1.165, 1.54) is 7.11 Å². The highest BCUT2D eigenvalue weighted by atomic mass is 16.5. The quantitative estimate of drug-likeness (QED) is 0.548. The van der Waals surface area contributed by atoms with E-state index in [4.69, 9.17) is 9.76 Å². The van der Waals surface area contributed by atoms with Gasteiger partial charge in [0.1, 0.15) is 0 Å². The Bertz CT molecular complexity index is 194. The molecule has 0 aliphatic heterocycles. The van der Waals surface area contributed by atoms with Crippen molar-refractivity contribution in [3.05, 3.63) is 18.3 Å². The molecule has 0 aliphatic carbocycles. The molecule has 1 heterocycles. The van der Waals surface area contributed by atoms with Gasteiger partial charge in [-0.1, -0.05) is 6.07 Å². The molecule has 0 atom stereocenters. The largest absolute Gasteiger partial charge is 0.481 e. The van der Waals surface area contributed by atoms with Crippen LogP contribution in [-0.4, -0.2) is 24.6 Å². The predicted octanol–water partition coefficient (Wildman–Crippen LogP) is -0.673. The van der Waals surface area contributed by atoms with Crippen LogP contribution >= 0.6 is 0 Å².